The summed E-state index contributed by atoms with van der Waals surface area (Å²) < 4.78 is 5.41. The summed E-state index contributed by atoms with van der Waals surface area (Å²) in [7, 11) is 0. The lowest BCUT2D eigenvalue weighted by molar-refractivity contribution is -0.117. The predicted octanol–water partition coefficient (Wildman–Crippen LogP) is 2.73. The monoisotopic (exact) mass is 322 g/mol. The van der Waals surface area contributed by atoms with Crippen LogP contribution in [0.5, 0.6) is 5.75 Å². The molecule has 0 aliphatic rings. The van der Waals surface area contributed by atoms with Crippen molar-refractivity contribution in [3.05, 3.63) is 84.5 Å². The molecule has 0 saturated carbocycles. The molecule has 0 saturated heterocycles. The van der Waals surface area contributed by atoms with Gasteiger partial charge in [-0.25, -0.2) is 0 Å². The zero-order chi connectivity index (χ0) is 17.2. The van der Waals surface area contributed by atoms with E-state index in [1.165, 1.54) is 6.08 Å². The van der Waals surface area contributed by atoms with Crippen molar-refractivity contribution in [2.45, 2.75) is 0 Å². The van der Waals surface area contributed by atoms with Gasteiger partial charge in [0.05, 0.1) is 5.56 Å². The quantitative estimate of drug-likeness (QED) is 0.488. The first-order chi connectivity index (χ1) is 11.7. The fourth-order valence-corrected chi connectivity index (χ4v) is 1.89. The number of nitrogens with one attached hydrogen (secondary N) is 2. The Hall–Kier alpha value is -3.34. The van der Waals surface area contributed by atoms with Crippen molar-refractivity contribution in [1.29, 1.82) is 0 Å². The van der Waals surface area contributed by atoms with Crippen molar-refractivity contribution < 1.29 is 14.3 Å². The van der Waals surface area contributed by atoms with Crippen LogP contribution in [-0.2, 0) is 4.79 Å². The van der Waals surface area contributed by atoms with Gasteiger partial charge in [-0.05, 0) is 23.8 Å². The predicted molar refractivity (Wildman–Crippen MR) is 93.2 cm³/mol. The van der Waals surface area contributed by atoms with Crippen LogP contribution in [0.4, 0.5) is 0 Å². The molecule has 0 aromatic heterocycles. The Morgan fingerprint density at radius 1 is 1.00 bits per heavy atom. The van der Waals surface area contributed by atoms with Gasteiger partial charge in [0.2, 0.25) is 0 Å². The maximum absolute atomic E-state index is 12.2. The molecule has 2 aromatic carbocycles. The first-order valence-corrected chi connectivity index (χ1v) is 7.37. The zero-order valence-corrected chi connectivity index (χ0v) is 13.1. The van der Waals surface area contributed by atoms with Gasteiger partial charge < -0.3 is 4.74 Å². The molecule has 2 N–H and O–H groups in total. The molecule has 5 nitrogen and oxygen atoms in total. The topological polar surface area (TPSA) is 67.4 Å². The average molecular weight is 322 g/mol. The molecule has 0 atom stereocenters. The summed E-state index contributed by atoms with van der Waals surface area (Å²) in [6.45, 7) is 3.85. The molecule has 0 radical (unpaired) electrons. The third kappa shape index (κ3) is 5.14. The fourth-order valence-electron chi connectivity index (χ4n) is 1.89. The van der Waals surface area contributed by atoms with Gasteiger partial charge in [-0.2, -0.15) is 0 Å². The molecule has 0 bridgehead atoms. The summed E-state index contributed by atoms with van der Waals surface area (Å²) in [5, 5.41) is 0. The Labute approximate surface area is 140 Å². The summed E-state index contributed by atoms with van der Waals surface area (Å²) >= 11 is 0. The number of amides is 2. The van der Waals surface area contributed by atoms with Gasteiger partial charge >= 0.3 is 0 Å². The highest BCUT2D eigenvalue weighted by Crippen LogP contribution is 2.17. The van der Waals surface area contributed by atoms with Crippen LogP contribution in [-0.4, -0.2) is 18.4 Å². The second-order valence-electron chi connectivity index (χ2n) is 4.78. The van der Waals surface area contributed by atoms with Crippen molar-refractivity contribution >= 4 is 17.9 Å². The number of hydrazine groups is 1. The smallest absolute Gasteiger partial charge is 0.273 e. The molecule has 0 aliphatic carbocycles. The van der Waals surface area contributed by atoms with Crippen molar-refractivity contribution in [2.75, 3.05) is 6.61 Å². The Balaban J connectivity index is 1.92. The van der Waals surface area contributed by atoms with Gasteiger partial charge in [0.25, 0.3) is 11.8 Å². The van der Waals surface area contributed by atoms with E-state index in [9.17, 15) is 9.59 Å². The number of carbonyl (C=O) groups excluding carboxylic acids is 2. The molecule has 2 aromatic rings. The van der Waals surface area contributed by atoms with Crippen LogP contribution >= 0.6 is 0 Å². The van der Waals surface area contributed by atoms with Gasteiger partial charge in [-0.3, -0.25) is 20.4 Å². The van der Waals surface area contributed by atoms with E-state index in [-0.39, 0.29) is 6.61 Å². The number of benzene rings is 2. The molecular formula is C19H18N2O3. The van der Waals surface area contributed by atoms with E-state index >= 15 is 0 Å². The zero-order valence-electron chi connectivity index (χ0n) is 13.1. The van der Waals surface area contributed by atoms with Crippen LogP contribution in [0.2, 0.25) is 0 Å². The van der Waals surface area contributed by atoms with E-state index in [0.29, 0.717) is 11.3 Å². The van der Waals surface area contributed by atoms with Gasteiger partial charge in [-0.15, -0.1) is 0 Å². The lowest BCUT2D eigenvalue weighted by Crippen LogP contribution is -2.40. The minimum absolute atomic E-state index is 0.288. The highest BCUT2D eigenvalue weighted by molar-refractivity contribution is 5.99. The molecule has 2 amide bonds. The molecule has 0 unspecified atom stereocenters. The van der Waals surface area contributed by atoms with Crippen molar-refractivity contribution in [3.8, 4) is 5.75 Å². The van der Waals surface area contributed by atoms with E-state index < -0.39 is 11.8 Å². The van der Waals surface area contributed by atoms with E-state index in [2.05, 4.69) is 17.4 Å². The minimum Gasteiger partial charge on any atom is -0.489 e. The average Bonchev–Trinajstić information content (AvgIpc) is 2.63. The number of ether oxygens (including phenoxy) is 1. The van der Waals surface area contributed by atoms with Crippen molar-refractivity contribution in [3.63, 3.8) is 0 Å². The fraction of sp³-hybridized carbons (Fsp3) is 0.0526. The third-order valence-electron chi connectivity index (χ3n) is 3.01. The van der Waals surface area contributed by atoms with E-state index in [4.69, 9.17) is 4.74 Å². The SMILES string of the molecule is C=CCOc1ccccc1C(=O)NNC(=O)C=Cc1ccccc1. The lowest BCUT2D eigenvalue weighted by atomic mass is 10.2. The van der Waals surface area contributed by atoms with Crippen LogP contribution in [0.1, 0.15) is 15.9 Å². The third-order valence-corrected chi connectivity index (χ3v) is 3.01. The highest BCUT2D eigenvalue weighted by Gasteiger charge is 2.11. The van der Waals surface area contributed by atoms with Gasteiger partial charge in [0, 0.05) is 6.08 Å². The summed E-state index contributed by atoms with van der Waals surface area (Å²) in [5.41, 5.74) is 5.91. The van der Waals surface area contributed by atoms with Crippen LogP contribution in [0.25, 0.3) is 6.08 Å². The molecule has 0 heterocycles. The number of hydrogen-bond donors (Lipinski definition) is 2. The maximum atomic E-state index is 12.2. The molecular weight excluding hydrogens is 304 g/mol. The number of carbonyl (C=O) groups is 2. The molecule has 5 heteroatoms. The van der Waals surface area contributed by atoms with Crippen molar-refractivity contribution in [2.24, 2.45) is 0 Å². The number of para-hydroxylation sites is 1. The molecule has 0 spiro atoms. The van der Waals surface area contributed by atoms with E-state index in [0.717, 1.165) is 5.56 Å². The van der Waals surface area contributed by atoms with E-state index in [1.54, 1.807) is 36.4 Å². The molecule has 122 valence electrons. The minimum atomic E-state index is -0.462. The highest BCUT2D eigenvalue weighted by atomic mass is 16.5. The van der Waals surface area contributed by atoms with E-state index in [1.807, 2.05) is 30.3 Å². The Bertz CT molecular complexity index is 739. The first-order valence-electron chi connectivity index (χ1n) is 7.37. The lowest BCUT2D eigenvalue weighted by Gasteiger charge is -2.10. The molecule has 24 heavy (non-hydrogen) atoms. The Morgan fingerprint density at radius 2 is 1.71 bits per heavy atom. The van der Waals surface area contributed by atoms with Crippen molar-refractivity contribution in [1.82, 2.24) is 10.9 Å². The van der Waals surface area contributed by atoms with Crippen LogP contribution in [0.15, 0.2) is 73.3 Å². The van der Waals surface area contributed by atoms with Gasteiger partial charge in [0.15, 0.2) is 0 Å². The number of hydrogen-bond acceptors (Lipinski definition) is 3. The molecule has 0 aliphatic heterocycles. The second-order valence-corrected chi connectivity index (χ2v) is 4.78. The largest absolute Gasteiger partial charge is 0.489 e. The van der Waals surface area contributed by atoms with Crippen LogP contribution in [0.3, 0.4) is 0 Å². The maximum Gasteiger partial charge on any atom is 0.273 e. The number of rotatable bonds is 6. The summed E-state index contributed by atoms with van der Waals surface area (Å²) in [5.74, 6) is -0.475. The first kappa shape index (κ1) is 17.0. The summed E-state index contributed by atoms with van der Waals surface area (Å²) in [6, 6.07) is 16.1. The van der Waals surface area contributed by atoms with Gasteiger partial charge in [0.1, 0.15) is 12.4 Å². The van der Waals surface area contributed by atoms with Gasteiger partial charge in [-0.1, -0.05) is 55.1 Å². The Kier molecular flexibility index (Phi) is 6.35. The Morgan fingerprint density at radius 3 is 2.46 bits per heavy atom. The second kappa shape index (κ2) is 8.95. The van der Waals surface area contributed by atoms with Crippen LogP contribution < -0.4 is 15.6 Å². The standard InChI is InChI=1S/C19H18N2O3/c1-2-14-24-17-11-7-6-10-16(17)19(23)21-20-18(22)13-12-15-8-4-3-5-9-15/h2-13H,1,14H2,(H,20,22)(H,21,23). The molecule has 2 rings (SSSR count). The normalized spacial score (nSPS) is 10.2. The summed E-state index contributed by atoms with van der Waals surface area (Å²) in [6.07, 6.45) is 4.59. The van der Waals surface area contributed by atoms with Crippen LogP contribution in [0, 0.1) is 0 Å². The summed E-state index contributed by atoms with van der Waals surface area (Å²) in [4.78, 5) is 23.9. The molecule has 0 fully saturated rings.